The molecule has 2 heterocycles. The number of rotatable bonds is 3. The van der Waals surface area contributed by atoms with Crippen LogP contribution in [0.15, 0.2) is 18.2 Å². The van der Waals surface area contributed by atoms with Crippen LogP contribution in [-0.2, 0) is 16.0 Å². The minimum absolute atomic E-state index is 0.165. The maximum absolute atomic E-state index is 12.3. The molecule has 1 saturated carbocycles. The van der Waals surface area contributed by atoms with Gasteiger partial charge in [-0.2, -0.15) is 0 Å². The molecule has 4 nitrogen and oxygen atoms in total. The normalized spacial score (nSPS) is 27.7. The Hall–Kier alpha value is -1.55. The van der Waals surface area contributed by atoms with Crippen molar-refractivity contribution in [2.45, 2.75) is 58.1 Å². The largest absolute Gasteiger partial charge is 0.490 e. The van der Waals surface area contributed by atoms with Gasteiger partial charge in [0, 0.05) is 31.5 Å². The first-order chi connectivity index (χ1) is 11.6. The highest BCUT2D eigenvalue weighted by Crippen LogP contribution is 2.46. The lowest BCUT2D eigenvalue weighted by Gasteiger charge is -2.41. The molecule has 1 aromatic rings. The fraction of sp³-hybridized carbons (Fsp3) is 0.650. The molecule has 0 unspecified atom stereocenters. The third-order valence-electron chi connectivity index (χ3n) is 5.65. The first-order valence-electron chi connectivity index (χ1n) is 9.30. The second kappa shape index (κ2) is 6.40. The SMILES string of the molecule is CC(=O)N1c2ccc(OC3CCOCC3)cc2C[C@@H](C)[C@@H]1C1CC1. The zero-order chi connectivity index (χ0) is 16.7. The van der Waals surface area contributed by atoms with Gasteiger partial charge >= 0.3 is 0 Å². The third-order valence-corrected chi connectivity index (χ3v) is 5.65. The summed E-state index contributed by atoms with van der Waals surface area (Å²) >= 11 is 0. The molecule has 0 radical (unpaired) electrons. The summed E-state index contributed by atoms with van der Waals surface area (Å²) in [7, 11) is 0. The number of benzene rings is 1. The summed E-state index contributed by atoms with van der Waals surface area (Å²) in [6, 6.07) is 6.65. The van der Waals surface area contributed by atoms with Crippen LogP contribution in [0.2, 0.25) is 0 Å². The van der Waals surface area contributed by atoms with Gasteiger partial charge in [0.1, 0.15) is 11.9 Å². The Labute approximate surface area is 144 Å². The van der Waals surface area contributed by atoms with E-state index in [0.29, 0.717) is 17.9 Å². The van der Waals surface area contributed by atoms with Gasteiger partial charge in [-0.1, -0.05) is 6.92 Å². The number of anilines is 1. The van der Waals surface area contributed by atoms with E-state index in [0.717, 1.165) is 43.9 Å². The molecule has 1 aromatic carbocycles. The number of fused-ring (bicyclic) bond motifs is 1. The topological polar surface area (TPSA) is 38.8 Å². The summed E-state index contributed by atoms with van der Waals surface area (Å²) in [5, 5.41) is 0. The molecule has 1 saturated heterocycles. The molecule has 2 fully saturated rings. The van der Waals surface area contributed by atoms with Crippen LogP contribution in [-0.4, -0.2) is 31.3 Å². The van der Waals surface area contributed by atoms with Crippen molar-refractivity contribution in [3.63, 3.8) is 0 Å². The van der Waals surface area contributed by atoms with E-state index in [9.17, 15) is 4.79 Å². The van der Waals surface area contributed by atoms with Gasteiger partial charge in [-0.25, -0.2) is 0 Å². The second-order valence-corrected chi connectivity index (χ2v) is 7.62. The molecular formula is C20H27NO3. The Bertz CT molecular complexity index is 619. The lowest BCUT2D eigenvalue weighted by Crippen LogP contribution is -2.48. The molecule has 4 heteroatoms. The predicted molar refractivity (Wildman–Crippen MR) is 93.5 cm³/mol. The monoisotopic (exact) mass is 329 g/mol. The molecule has 2 atom stereocenters. The van der Waals surface area contributed by atoms with Crippen molar-refractivity contribution in [2.75, 3.05) is 18.1 Å². The van der Waals surface area contributed by atoms with Crippen molar-refractivity contribution < 1.29 is 14.3 Å². The van der Waals surface area contributed by atoms with Gasteiger partial charge in [0.05, 0.1) is 13.2 Å². The average molecular weight is 329 g/mol. The van der Waals surface area contributed by atoms with Crippen LogP contribution in [0, 0.1) is 11.8 Å². The van der Waals surface area contributed by atoms with Gasteiger partial charge in [-0.15, -0.1) is 0 Å². The molecule has 1 amide bonds. The van der Waals surface area contributed by atoms with E-state index in [-0.39, 0.29) is 12.0 Å². The number of ether oxygens (including phenoxy) is 2. The van der Waals surface area contributed by atoms with Crippen molar-refractivity contribution in [3.8, 4) is 5.75 Å². The maximum Gasteiger partial charge on any atom is 0.224 e. The lowest BCUT2D eigenvalue weighted by atomic mass is 9.84. The summed E-state index contributed by atoms with van der Waals surface area (Å²) in [6.07, 6.45) is 5.72. The van der Waals surface area contributed by atoms with Crippen LogP contribution in [0.5, 0.6) is 5.75 Å². The molecule has 2 aliphatic heterocycles. The minimum Gasteiger partial charge on any atom is -0.490 e. The number of carbonyl (C=O) groups excluding carboxylic acids is 1. The summed E-state index contributed by atoms with van der Waals surface area (Å²) < 4.78 is 11.6. The summed E-state index contributed by atoms with van der Waals surface area (Å²) in [5.41, 5.74) is 2.34. The fourth-order valence-corrected chi connectivity index (χ4v) is 4.40. The zero-order valence-corrected chi connectivity index (χ0v) is 14.7. The number of hydrogen-bond donors (Lipinski definition) is 0. The highest BCUT2D eigenvalue weighted by atomic mass is 16.5. The van der Waals surface area contributed by atoms with E-state index in [4.69, 9.17) is 9.47 Å². The molecule has 4 rings (SSSR count). The standard InChI is InChI=1S/C20H27NO3/c1-13-11-16-12-18(24-17-7-9-23-10-8-17)5-6-19(16)21(14(2)22)20(13)15-3-4-15/h5-6,12-13,15,17,20H,3-4,7-11H2,1-2H3/t13-,20-/m1/s1. The summed E-state index contributed by atoms with van der Waals surface area (Å²) in [4.78, 5) is 14.4. The summed E-state index contributed by atoms with van der Waals surface area (Å²) in [6.45, 7) is 5.55. The molecule has 0 N–H and O–H groups in total. The van der Waals surface area contributed by atoms with E-state index < -0.39 is 0 Å². The fourth-order valence-electron chi connectivity index (χ4n) is 4.40. The number of hydrogen-bond acceptors (Lipinski definition) is 3. The molecule has 24 heavy (non-hydrogen) atoms. The molecule has 0 spiro atoms. The van der Waals surface area contributed by atoms with Gasteiger partial charge < -0.3 is 14.4 Å². The molecular weight excluding hydrogens is 302 g/mol. The quantitative estimate of drug-likeness (QED) is 0.851. The molecule has 3 aliphatic rings. The van der Waals surface area contributed by atoms with Gasteiger partial charge in [0.15, 0.2) is 0 Å². The van der Waals surface area contributed by atoms with E-state index in [1.54, 1.807) is 6.92 Å². The highest BCUT2D eigenvalue weighted by molar-refractivity contribution is 5.94. The Morgan fingerprint density at radius 2 is 1.96 bits per heavy atom. The highest BCUT2D eigenvalue weighted by Gasteiger charge is 2.43. The first kappa shape index (κ1) is 15.9. The van der Waals surface area contributed by atoms with Crippen LogP contribution >= 0.6 is 0 Å². The minimum atomic E-state index is 0.165. The molecule has 0 aromatic heterocycles. The van der Waals surface area contributed by atoms with Crippen molar-refractivity contribution in [2.24, 2.45) is 11.8 Å². The van der Waals surface area contributed by atoms with Crippen LogP contribution in [0.4, 0.5) is 5.69 Å². The maximum atomic E-state index is 12.3. The van der Waals surface area contributed by atoms with Crippen LogP contribution < -0.4 is 9.64 Å². The zero-order valence-electron chi connectivity index (χ0n) is 14.7. The molecule has 0 bridgehead atoms. The Morgan fingerprint density at radius 3 is 2.62 bits per heavy atom. The smallest absolute Gasteiger partial charge is 0.224 e. The van der Waals surface area contributed by atoms with Gasteiger partial charge in [0.2, 0.25) is 5.91 Å². The van der Waals surface area contributed by atoms with Gasteiger partial charge in [0.25, 0.3) is 0 Å². The number of amides is 1. The van der Waals surface area contributed by atoms with Crippen molar-refractivity contribution in [1.82, 2.24) is 0 Å². The summed E-state index contributed by atoms with van der Waals surface area (Å²) in [5.74, 6) is 2.29. The van der Waals surface area contributed by atoms with Gasteiger partial charge in [-0.05, 0) is 54.9 Å². The second-order valence-electron chi connectivity index (χ2n) is 7.62. The predicted octanol–water partition coefficient (Wildman–Crippen LogP) is 3.57. The molecule has 1 aliphatic carbocycles. The van der Waals surface area contributed by atoms with Gasteiger partial charge in [-0.3, -0.25) is 4.79 Å². The molecule has 130 valence electrons. The van der Waals surface area contributed by atoms with Crippen molar-refractivity contribution >= 4 is 11.6 Å². The average Bonchev–Trinajstić information content (AvgIpc) is 3.39. The van der Waals surface area contributed by atoms with Crippen LogP contribution in [0.1, 0.15) is 45.1 Å². The number of nitrogens with zero attached hydrogens (tertiary/aromatic N) is 1. The Balaban J connectivity index is 1.59. The van der Waals surface area contributed by atoms with Crippen molar-refractivity contribution in [3.05, 3.63) is 23.8 Å². The lowest BCUT2D eigenvalue weighted by molar-refractivity contribution is -0.117. The Kier molecular flexibility index (Phi) is 4.25. The van der Waals surface area contributed by atoms with E-state index in [1.807, 2.05) is 6.07 Å². The van der Waals surface area contributed by atoms with E-state index >= 15 is 0 Å². The van der Waals surface area contributed by atoms with Crippen LogP contribution in [0.25, 0.3) is 0 Å². The van der Waals surface area contributed by atoms with E-state index in [2.05, 4.69) is 24.0 Å². The number of carbonyl (C=O) groups is 1. The van der Waals surface area contributed by atoms with E-state index in [1.165, 1.54) is 18.4 Å². The Morgan fingerprint density at radius 1 is 1.21 bits per heavy atom. The van der Waals surface area contributed by atoms with Crippen LogP contribution in [0.3, 0.4) is 0 Å². The third kappa shape index (κ3) is 3.04. The first-order valence-corrected chi connectivity index (χ1v) is 9.30. The van der Waals surface area contributed by atoms with Crippen molar-refractivity contribution in [1.29, 1.82) is 0 Å².